The topological polar surface area (TPSA) is 96.7 Å². The number of aromatic nitrogens is 1. The molecule has 35 heavy (non-hydrogen) atoms. The zero-order chi connectivity index (χ0) is 26.5. The molecular formula is C28H43NO5S. The summed E-state index contributed by atoms with van der Waals surface area (Å²) < 4.78 is 5.81. The van der Waals surface area contributed by atoms with Crippen molar-refractivity contribution in [3.8, 4) is 0 Å². The van der Waals surface area contributed by atoms with E-state index in [-0.39, 0.29) is 30.0 Å². The second kappa shape index (κ2) is 12.4. The Labute approximate surface area is 214 Å². The van der Waals surface area contributed by atoms with Gasteiger partial charge in [-0.1, -0.05) is 40.7 Å². The molecule has 2 N–H and O–H groups in total. The van der Waals surface area contributed by atoms with Crippen LogP contribution in [0.1, 0.15) is 84.9 Å². The van der Waals surface area contributed by atoms with Crippen LogP contribution in [0.5, 0.6) is 0 Å². The fraction of sp³-hybridized carbons (Fsp3) is 0.679. The van der Waals surface area contributed by atoms with Gasteiger partial charge >= 0.3 is 5.97 Å². The molecule has 0 radical (unpaired) electrons. The van der Waals surface area contributed by atoms with E-state index in [2.05, 4.69) is 11.9 Å². The van der Waals surface area contributed by atoms with Gasteiger partial charge < -0.3 is 14.9 Å². The number of aryl methyl sites for hydroxylation is 1. The van der Waals surface area contributed by atoms with Crippen LogP contribution in [0.2, 0.25) is 0 Å². The monoisotopic (exact) mass is 505 g/mol. The maximum Gasteiger partial charge on any atom is 0.309 e. The van der Waals surface area contributed by atoms with Crippen molar-refractivity contribution >= 4 is 29.2 Å². The van der Waals surface area contributed by atoms with Crippen molar-refractivity contribution in [3.05, 3.63) is 33.3 Å². The normalized spacial score (nSPS) is 33.7. The van der Waals surface area contributed by atoms with E-state index < -0.39 is 29.7 Å². The minimum atomic E-state index is -1.15. The van der Waals surface area contributed by atoms with E-state index in [1.807, 2.05) is 52.2 Å². The fourth-order valence-electron chi connectivity index (χ4n) is 4.54. The molecule has 2 rings (SSSR count). The van der Waals surface area contributed by atoms with Crippen molar-refractivity contribution < 1.29 is 24.5 Å². The highest BCUT2D eigenvalue weighted by Crippen LogP contribution is 2.35. The van der Waals surface area contributed by atoms with Gasteiger partial charge in [0.2, 0.25) is 0 Å². The Kier molecular flexibility index (Phi) is 10.4. The molecule has 1 aromatic rings. The van der Waals surface area contributed by atoms with Crippen molar-refractivity contribution in [1.82, 2.24) is 4.98 Å². The van der Waals surface area contributed by atoms with Crippen molar-refractivity contribution in [1.29, 1.82) is 0 Å². The van der Waals surface area contributed by atoms with Gasteiger partial charge in [0, 0.05) is 17.7 Å². The van der Waals surface area contributed by atoms with Gasteiger partial charge in [-0.25, -0.2) is 4.98 Å². The van der Waals surface area contributed by atoms with Gasteiger partial charge in [-0.15, -0.1) is 11.3 Å². The number of ketones is 1. The number of nitrogens with zero attached hydrogens (tertiary/aromatic N) is 1. The molecule has 196 valence electrons. The molecule has 1 unspecified atom stereocenters. The highest BCUT2D eigenvalue weighted by molar-refractivity contribution is 7.09. The molecule has 0 aliphatic carbocycles. The molecular weight excluding hydrogens is 462 g/mol. The number of esters is 1. The Morgan fingerprint density at radius 2 is 1.83 bits per heavy atom. The number of Topliss-reactive ketones (excluding diaryl/α,β-unsaturated/α-hetero) is 1. The number of carbonyl (C=O) groups excluding carboxylic acids is 2. The molecule has 6 atom stereocenters. The molecule has 6 nitrogen and oxygen atoms in total. The molecule has 7 heteroatoms. The molecule has 1 aliphatic heterocycles. The molecule has 0 fully saturated rings. The van der Waals surface area contributed by atoms with Gasteiger partial charge in [0.05, 0.1) is 34.7 Å². The lowest BCUT2D eigenvalue weighted by Gasteiger charge is -2.35. The maximum absolute atomic E-state index is 13.3. The second-order valence-corrected chi connectivity index (χ2v) is 11.9. The van der Waals surface area contributed by atoms with Crippen LogP contribution in [0.3, 0.4) is 0 Å². The lowest BCUT2D eigenvalue weighted by atomic mass is 9.70. The molecule has 0 bridgehead atoms. The summed E-state index contributed by atoms with van der Waals surface area (Å²) in [5, 5.41) is 24.5. The molecule has 1 aliphatic rings. The molecule has 2 heterocycles. The average Bonchev–Trinajstić information content (AvgIpc) is 3.21. The van der Waals surface area contributed by atoms with Gasteiger partial charge in [0.1, 0.15) is 11.9 Å². The Hall–Kier alpha value is -1.83. The van der Waals surface area contributed by atoms with Crippen LogP contribution in [0.25, 0.3) is 6.08 Å². The summed E-state index contributed by atoms with van der Waals surface area (Å²) in [6.07, 6.45) is 3.04. The molecule has 0 saturated heterocycles. The van der Waals surface area contributed by atoms with Gasteiger partial charge in [0.25, 0.3) is 0 Å². The number of rotatable bonds is 2. The highest BCUT2D eigenvalue weighted by Gasteiger charge is 2.41. The predicted molar refractivity (Wildman–Crippen MR) is 141 cm³/mol. The third-order valence-corrected chi connectivity index (χ3v) is 8.59. The van der Waals surface area contributed by atoms with E-state index in [0.717, 1.165) is 28.3 Å². The number of cyclic esters (lactones) is 1. The lowest BCUT2D eigenvalue weighted by Crippen LogP contribution is -2.44. The van der Waals surface area contributed by atoms with Gasteiger partial charge in [-0.3, -0.25) is 9.59 Å². The third-order valence-electron chi connectivity index (χ3n) is 7.80. The van der Waals surface area contributed by atoms with Crippen molar-refractivity contribution in [2.45, 2.75) is 99.4 Å². The van der Waals surface area contributed by atoms with E-state index in [9.17, 15) is 19.8 Å². The quantitative estimate of drug-likeness (QED) is 0.406. The lowest BCUT2D eigenvalue weighted by molar-refractivity contribution is -0.153. The molecule has 0 amide bonds. The van der Waals surface area contributed by atoms with Crippen molar-refractivity contribution in [2.24, 2.45) is 23.2 Å². The smallest absolute Gasteiger partial charge is 0.309 e. The van der Waals surface area contributed by atoms with Gasteiger partial charge in [-0.05, 0) is 62.7 Å². The summed E-state index contributed by atoms with van der Waals surface area (Å²) in [7, 11) is 0. The summed E-state index contributed by atoms with van der Waals surface area (Å²) in [5.74, 6) is -0.601. The fourth-order valence-corrected chi connectivity index (χ4v) is 5.11. The number of thiazole rings is 1. The second-order valence-electron chi connectivity index (χ2n) is 10.9. The van der Waals surface area contributed by atoms with Gasteiger partial charge in [0.15, 0.2) is 0 Å². The SMILES string of the molecule is C/C1=C/C[C@@H](/C(C)=C/c2csc(C)n2)OC(=O)C[C@H](O)C(C)(C)C(=O)[C@H](C)[C@@H](C)[C@@H](C)CCC1O. The molecule has 1 aromatic heterocycles. The Bertz CT molecular complexity index is 947. The Morgan fingerprint density at radius 3 is 2.43 bits per heavy atom. The number of aliphatic hydroxyl groups excluding tert-OH is 2. The summed E-state index contributed by atoms with van der Waals surface area (Å²) in [5.41, 5.74) is 1.38. The molecule has 0 aromatic carbocycles. The van der Waals surface area contributed by atoms with E-state index >= 15 is 0 Å². The van der Waals surface area contributed by atoms with Crippen molar-refractivity contribution in [3.63, 3.8) is 0 Å². The first-order chi connectivity index (χ1) is 16.2. The van der Waals surface area contributed by atoms with E-state index in [1.165, 1.54) is 0 Å². The standard InChI is InChI=1S/C28H43NO5S/c1-16-9-11-23(30)17(2)10-12-24(18(3)13-22-15-35-21(6)29-22)34-26(32)14-25(31)28(7,8)27(33)20(5)19(16)4/h10,13,15-16,19-20,23-25,30-31H,9,11-12,14H2,1-8H3/b17-10-,18-13+/t16-,19-,20+,23?,24-,25-/m0/s1. The van der Waals surface area contributed by atoms with E-state index in [0.29, 0.717) is 12.8 Å². The zero-order valence-electron chi connectivity index (χ0n) is 22.5. The number of aliphatic hydroxyl groups is 2. The van der Waals surface area contributed by atoms with Crippen LogP contribution in [0.15, 0.2) is 22.6 Å². The van der Waals surface area contributed by atoms with Crippen LogP contribution in [-0.2, 0) is 14.3 Å². The van der Waals surface area contributed by atoms with Crippen LogP contribution in [-0.4, -0.2) is 45.3 Å². The van der Waals surface area contributed by atoms with Crippen LogP contribution in [0.4, 0.5) is 0 Å². The zero-order valence-corrected chi connectivity index (χ0v) is 23.3. The van der Waals surface area contributed by atoms with E-state index in [1.54, 1.807) is 25.2 Å². The molecule has 0 spiro atoms. The largest absolute Gasteiger partial charge is 0.457 e. The number of ether oxygens (including phenoxy) is 1. The summed E-state index contributed by atoms with van der Waals surface area (Å²) >= 11 is 1.55. The number of carbonyl (C=O) groups is 2. The minimum absolute atomic E-state index is 0.0626. The van der Waals surface area contributed by atoms with E-state index in [4.69, 9.17) is 4.74 Å². The van der Waals surface area contributed by atoms with Crippen LogP contribution < -0.4 is 0 Å². The maximum atomic E-state index is 13.3. The summed E-state index contributed by atoms with van der Waals surface area (Å²) in [4.78, 5) is 30.7. The first kappa shape index (κ1) is 29.4. The van der Waals surface area contributed by atoms with Crippen LogP contribution >= 0.6 is 11.3 Å². The summed E-state index contributed by atoms with van der Waals surface area (Å²) in [6, 6.07) is 0. The van der Waals surface area contributed by atoms with Crippen LogP contribution in [0, 0.1) is 30.1 Å². The first-order valence-corrected chi connectivity index (χ1v) is 13.5. The van der Waals surface area contributed by atoms with Gasteiger partial charge in [-0.2, -0.15) is 0 Å². The number of hydrogen-bond donors (Lipinski definition) is 2. The Morgan fingerprint density at radius 1 is 1.17 bits per heavy atom. The molecule has 0 saturated carbocycles. The predicted octanol–water partition coefficient (Wildman–Crippen LogP) is 5.51. The highest BCUT2D eigenvalue weighted by atomic mass is 32.1. The minimum Gasteiger partial charge on any atom is -0.457 e. The number of hydrogen-bond acceptors (Lipinski definition) is 7. The third kappa shape index (κ3) is 7.83. The summed E-state index contributed by atoms with van der Waals surface area (Å²) in [6.45, 7) is 15.2. The first-order valence-electron chi connectivity index (χ1n) is 12.6. The Balaban J connectivity index is 2.38. The average molecular weight is 506 g/mol. The van der Waals surface area contributed by atoms with Crippen molar-refractivity contribution in [2.75, 3.05) is 0 Å².